The molecule has 0 amide bonds. The number of hydrogen-bond acceptors (Lipinski definition) is 7. The van der Waals surface area contributed by atoms with E-state index in [9.17, 15) is 29.7 Å². The van der Waals surface area contributed by atoms with E-state index in [1.807, 2.05) is 32.0 Å². The molecule has 0 radical (unpaired) electrons. The Bertz CT molecular complexity index is 1110. The summed E-state index contributed by atoms with van der Waals surface area (Å²) >= 11 is 0. The minimum atomic E-state index is -1.02. The van der Waals surface area contributed by atoms with Gasteiger partial charge in [0.1, 0.15) is 17.3 Å². The smallest absolute Gasteiger partial charge is 0.173 e. The number of benzene rings is 1. The van der Waals surface area contributed by atoms with Gasteiger partial charge in [0.15, 0.2) is 17.3 Å². The van der Waals surface area contributed by atoms with Crippen molar-refractivity contribution in [2.45, 2.75) is 39.5 Å². The fourth-order valence-corrected chi connectivity index (χ4v) is 5.52. The molecule has 8 nitrogen and oxygen atoms in total. The number of hydrogen-bond donors (Lipinski definition) is 3. The second kappa shape index (κ2) is 8.09. The highest BCUT2D eigenvalue weighted by Crippen LogP contribution is 2.52. The first-order valence-corrected chi connectivity index (χ1v) is 10.6. The van der Waals surface area contributed by atoms with Crippen molar-refractivity contribution in [2.75, 3.05) is 19.0 Å². The average Bonchev–Trinajstić information content (AvgIpc) is 2.66. The third kappa shape index (κ3) is 3.21. The van der Waals surface area contributed by atoms with Crippen LogP contribution in [0.4, 0.5) is 5.69 Å². The van der Waals surface area contributed by atoms with Crippen LogP contribution in [0.5, 0.6) is 5.75 Å². The van der Waals surface area contributed by atoms with E-state index in [1.54, 1.807) is 0 Å². The first-order valence-electron chi connectivity index (χ1n) is 10.6. The number of aryl methyl sites for hydroxylation is 1. The van der Waals surface area contributed by atoms with Crippen LogP contribution < -0.4 is 4.90 Å². The molecule has 5 N–H and O–H groups in total. The number of nitrogens with zero attached hydrogens (tertiary/aromatic N) is 1. The van der Waals surface area contributed by atoms with Gasteiger partial charge < -0.3 is 25.7 Å². The number of carbonyl (C=O) groups excluding carboxylic acids is 3. The van der Waals surface area contributed by atoms with Crippen molar-refractivity contribution in [1.82, 2.24) is 0 Å². The first-order chi connectivity index (χ1) is 14.6. The molecule has 1 aromatic rings. The van der Waals surface area contributed by atoms with Crippen molar-refractivity contribution in [3.8, 4) is 5.75 Å². The summed E-state index contributed by atoms with van der Waals surface area (Å²) in [7, 11) is 3.77. The number of ketones is 3. The molecule has 0 bridgehead atoms. The molecular formula is C24H33NO7. The Hall–Kier alpha value is -3.13. The number of fused-ring (bicyclic) bond motifs is 3. The zero-order valence-corrected chi connectivity index (χ0v) is 18.7. The number of allylic oxidation sites excluding steroid dienone is 3. The van der Waals surface area contributed by atoms with Crippen LogP contribution in [0.25, 0.3) is 5.76 Å². The molecule has 0 aromatic heterocycles. The third-order valence-corrected chi connectivity index (χ3v) is 6.91. The number of aromatic hydroxyl groups is 1. The minimum absolute atomic E-state index is 0. The lowest BCUT2D eigenvalue weighted by molar-refractivity contribution is -0.127. The highest BCUT2D eigenvalue weighted by Gasteiger charge is 2.50. The van der Waals surface area contributed by atoms with E-state index in [0.717, 1.165) is 11.3 Å². The Labute approximate surface area is 189 Å². The molecular weight excluding hydrogens is 414 g/mol. The van der Waals surface area contributed by atoms with Gasteiger partial charge in [0.25, 0.3) is 0 Å². The van der Waals surface area contributed by atoms with Crippen LogP contribution in [-0.2, 0) is 27.2 Å². The van der Waals surface area contributed by atoms with Crippen molar-refractivity contribution in [3.05, 3.63) is 39.7 Å². The average molecular weight is 448 g/mol. The van der Waals surface area contributed by atoms with Crippen LogP contribution in [0.2, 0.25) is 0 Å². The van der Waals surface area contributed by atoms with Gasteiger partial charge in [-0.25, -0.2) is 0 Å². The molecule has 32 heavy (non-hydrogen) atoms. The van der Waals surface area contributed by atoms with Gasteiger partial charge in [0.2, 0.25) is 0 Å². The molecule has 0 saturated heterocycles. The Balaban J connectivity index is 0.00000193. The molecule has 3 aliphatic carbocycles. The normalized spacial score (nSPS) is 24.4. The predicted molar refractivity (Wildman–Crippen MR) is 123 cm³/mol. The second-order valence-electron chi connectivity index (χ2n) is 8.95. The number of phenolic OH excluding ortho intramolecular Hbond substituents is 1. The van der Waals surface area contributed by atoms with Gasteiger partial charge in [-0.05, 0) is 55.2 Å². The highest BCUT2D eigenvalue weighted by molar-refractivity contribution is 6.22. The summed E-state index contributed by atoms with van der Waals surface area (Å²) in [4.78, 5) is 39.7. The molecule has 0 spiro atoms. The van der Waals surface area contributed by atoms with E-state index in [1.165, 1.54) is 6.92 Å². The number of Topliss-reactive ketones (excluding diaryl/α,β-unsaturated/α-hetero) is 3. The van der Waals surface area contributed by atoms with Crippen molar-refractivity contribution < 1.29 is 38.0 Å². The topological polar surface area (TPSA) is 147 Å². The molecule has 1 aromatic carbocycles. The van der Waals surface area contributed by atoms with E-state index < -0.39 is 34.9 Å². The van der Waals surface area contributed by atoms with Crippen LogP contribution in [0.3, 0.4) is 0 Å². The summed E-state index contributed by atoms with van der Waals surface area (Å²) in [6, 6.07) is 1.90. The maximum absolute atomic E-state index is 13.5. The fourth-order valence-electron chi connectivity index (χ4n) is 5.52. The first kappa shape index (κ1) is 23.5. The van der Waals surface area contributed by atoms with Gasteiger partial charge >= 0.3 is 0 Å². The number of aliphatic hydroxyl groups excluding tert-OH is 2. The number of rotatable bonds is 3. The van der Waals surface area contributed by atoms with Crippen LogP contribution in [0.1, 0.15) is 46.2 Å². The predicted octanol–water partition coefficient (Wildman–Crippen LogP) is 2.71. The number of phenols is 1. The lowest BCUT2D eigenvalue weighted by Crippen LogP contribution is -2.43. The van der Waals surface area contributed by atoms with Crippen LogP contribution in [-0.4, -0.2) is 52.2 Å². The maximum Gasteiger partial charge on any atom is 0.173 e. The zero-order chi connectivity index (χ0) is 22.8. The van der Waals surface area contributed by atoms with Gasteiger partial charge in [-0.15, -0.1) is 0 Å². The van der Waals surface area contributed by atoms with Gasteiger partial charge in [-0.1, -0.05) is 6.92 Å². The molecule has 3 aliphatic rings. The van der Waals surface area contributed by atoms with Crippen LogP contribution in [0.15, 0.2) is 23.0 Å². The lowest BCUT2D eigenvalue weighted by Gasteiger charge is -2.41. The minimum Gasteiger partial charge on any atom is -0.511 e. The van der Waals surface area contributed by atoms with Gasteiger partial charge in [0, 0.05) is 34.6 Å². The monoisotopic (exact) mass is 447 g/mol. The summed E-state index contributed by atoms with van der Waals surface area (Å²) in [5.41, 5.74) is 2.43. The summed E-state index contributed by atoms with van der Waals surface area (Å²) in [5, 5.41) is 32.7. The SMILES string of the molecule is CCc1cc(N(C)C)c2c(c1O)C(O)=C1C(=O)C3C(O)=C(C(C)=O)C(=O)CC3CC1C2.O.[HH].[HH]. The van der Waals surface area contributed by atoms with E-state index in [2.05, 4.69) is 0 Å². The fraction of sp³-hybridized carbons (Fsp3) is 0.458. The van der Waals surface area contributed by atoms with Gasteiger partial charge in [0.05, 0.1) is 17.1 Å². The zero-order valence-electron chi connectivity index (χ0n) is 18.7. The number of anilines is 1. The van der Waals surface area contributed by atoms with E-state index >= 15 is 0 Å². The summed E-state index contributed by atoms with van der Waals surface area (Å²) < 4.78 is 0. The van der Waals surface area contributed by atoms with E-state index in [-0.39, 0.29) is 48.9 Å². The third-order valence-electron chi connectivity index (χ3n) is 6.91. The molecule has 0 aliphatic heterocycles. The molecule has 0 heterocycles. The van der Waals surface area contributed by atoms with Crippen LogP contribution >= 0.6 is 0 Å². The largest absolute Gasteiger partial charge is 0.511 e. The Kier molecular flexibility index (Phi) is 5.95. The molecule has 176 valence electrons. The molecule has 4 rings (SSSR count). The Morgan fingerprint density at radius 3 is 2.41 bits per heavy atom. The van der Waals surface area contributed by atoms with Crippen molar-refractivity contribution in [1.29, 1.82) is 0 Å². The second-order valence-corrected chi connectivity index (χ2v) is 8.95. The summed E-state index contributed by atoms with van der Waals surface area (Å²) in [6.45, 7) is 3.10. The molecule has 3 unspecified atom stereocenters. The van der Waals surface area contributed by atoms with Crippen molar-refractivity contribution in [3.63, 3.8) is 0 Å². The molecule has 3 atom stereocenters. The van der Waals surface area contributed by atoms with Gasteiger partial charge in [-0.2, -0.15) is 0 Å². The van der Waals surface area contributed by atoms with Gasteiger partial charge in [-0.3, -0.25) is 14.4 Å². The quantitative estimate of drug-likeness (QED) is 0.604. The summed E-state index contributed by atoms with van der Waals surface area (Å²) in [5.74, 6) is -4.02. The van der Waals surface area contributed by atoms with E-state index in [4.69, 9.17) is 0 Å². The van der Waals surface area contributed by atoms with Crippen molar-refractivity contribution in [2.24, 2.45) is 17.8 Å². The lowest BCUT2D eigenvalue weighted by atomic mass is 9.61. The molecule has 8 heteroatoms. The number of aliphatic hydroxyl groups is 2. The highest BCUT2D eigenvalue weighted by atomic mass is 16.3. The maximum atomic E-state index is 13.5. The van der Waals surface area contributed by atoms with Crippen molar-refractivity contribution >= 4 is 28.8 Å². The Morgan fingerprint density at radius 1 is 1.19 bits per heavy atom. The summed E-state index contributed by atoms with van der Waals surface area (Å²) in [6.07, 6.45) is 1.44. The van der Waals surface area contributed by atoms with E-state index in [0.29, 0.717) is 24.8 Å². The van der Waals surface area contributed by atoms with Crippen LogP contribution in [0, 0.1) is 17.8 Å². The Morgan fingerprint density at radius 2 is 1.84 bits per heavy atom. The standard InChI is InChI=1S/C24H27NO6.H2O.2H2/c1-5-11-8-15(25(3)4)14-7-12-6-13-9-16(27)17(10(2)26)22(29)19(13)23(30)18(12)24(31)20(14)21(11)28;;;/h8,12-13,19,28-29,31H,5-7,9H2,1-4H3;1H2;2*1H. The number of carbonyl (C=O) groups is 3. The molecule has 1 saturated carbocycles. The molecule has 1 fully saturated rings.